The molecule has 0 saturated carbocycles. The molecule has 8 nitrogen and oxygen atoms in total. The smallest absolute Gasteiger partial charge is 0.295 e. The number of aromatic nitrogens is 2. The molecule has 1 heterocycles. The van der Waals surface area contributed by atoms with Crippen LogP contribution in [0.15, 0.2) is 24.4 Å². The number of benzene rings is 1. The van der Waals surface area contributed by atoms with Gasteiger partial charge in [-0.25, -0.2) is 4.39 Å². The fourth-order valence-corrected chi connectivity index (χ4v) is 1.77. The van der Waals surface area contributed by atoms with Gasteiger partial charge in [0.1, 0.15) is 11.5 Å². The molecule has 2 rings (SSSR count). The number of nitro benzene ring substituents is 1. The van der Waals surface area contributed by atoms with E-state index in [9.17, 15) is 19.3 Å². The van der Waals surface area contributed by atoms with E-state index in [4.69, 9.17) is 5.73 Å². The van der Waals surface area contributed by atoms with Crippen molar-refractivity contribution >= 4 is 17.3 Å². The summed E-state index contributed by atoms with van der Waals surface area (Å²) < 4.78 is 14.9. The molecule has 0 aliphatic carbocycles. The summed E-state index contributed by atoms with van der Waals surface area (Å²) in [7, 11) is 1.72. The van der Waals surface area contributed by atoms with Gasteiger partial charge in [-0.3, -0.25) is 19.6 Å². The van der Waals surface area contributed by atoms with Crippen molar-refractivity contribution in [1.29, 1.82) is 0 Å². The summed E-state index contributed by atoms with van der Waals surface area (Å²) >= 11 is 0. The summed E-state index contributed by atoms with van der Waals surface area (Å²) in [5.74, 6) is -1.61. The lowest BCUT2D eigenvalue weighted by molar-refractivity contribution is -0.384. The van der Waals surface area contributed by atoms with E-state index in [2.05, 4.69) is 10.4 Å². The molecule has 21 heavy (non-hydrogen) atoms. The number of hydrogen-bond acceptors (Lipinski definition) is 5. The van der Waals surface area contributed by atoms with Gasteiger partial charge in [-0.2, -0.15) is 5.10 Å². The topological polar surface area (TPSA) is 116 Å². The summed E-state index contributed by atoms with van der Waals surface area (Å²) in [6, 6.07) is 3.22. The molecule has 1 aromatic carbocycles. The zero-order valence-electron chi connectivity index (χ0n) is 11.0. The average Bonchev–Trinajstić information content (AvgIpc) is 2.83. The van der Waals surface area contributed by atoms with Gasteiger partial charge in [0, 0.05) is 13.2 Å². The number of anilines is 1. The van der Waals surface area contributed by atoms with E-state index >= 15 is 0 Å². The summed E-state index contributed by atoms with van der Waals surface area (Å²) in [6.45, 7) is 0.101. The summed E-state index contributed by atoms with van der Waals surface area (Å²) in [5, 5.41) is 17.3. The van der Waals surface area contributed by atoms with Gasteiger partial charge in [0.15, 0.2) is 0 Å². The van der Waals surface area contributed by atoms with Crippen LogP contribution in [0.5, 0.6) is 0 Å². The molecule has 3 N–H and O–H groups in total. The van der Waals surface area contributed by atoms with Crippen LogP contribution in [0, 0.1) is 15.9 Å². The highest BCUT2D eigenvalue weighted by Gasteiger charge is 2.21. The van der Waals surface area contributed by atoms with Crippen molar-refractivity contribution in [3.8, 4) is 0 Å². The van der Waals surface area contributed by atoms with Gasteiger partial charge in [-0.1, -0.05) is 0 Å². The number of amides is 1. The zero-order chi connectivity index (χ0) is 15.6. The number of nitrogens with one attached hydrogen (secondary N) is 1. The van der Waals surface area contributed by atoms with E-state index < -0.39 is 22.3 Å². The Balaban J connectivity index is 2.21. The minimum Gasteiger partial charge on any atom is -0.393 e. The van der Waals surface area contributed by atoms with Gasteiger partial charge < -0.3 is 11.1 Å². The number of carbonyl (C=O) groups excluding carboxylic acids is 1. The highest BCUT2D eigenvalue weighted by atomic mass is 19.1. The molecule has 0 spiro atoms. The van der Waals surface area contributed by atoms with Crippen molar-refractivity contribution in [2.75, 3.05) is 5.73 Å². The molecule has 0 unspecified atom stereocenters. The van der Waals surface area contributed by atoms with Gasteiger partial charge in [-0.15, -0.1) is 0 Å². The van der Waals surface area contributed by atoms with Crippen molar-refractivity contribution in [2.45, 2.75) is 6.54 Å². The van der Waals surface area contributed by atoms with E-state index in [1.807, 2.05) is 0 Å². The number of aryl methyl sites for hydroxylation is 1. The van der Waals surface area contributed by atoms with E-state index in [0.29, 0.717) is 11.8 Å². The van der Waals surface area contributed by atoms with Crippen LogP contribution in [-0.2, 0) is 13.6 Å². The molecule has 1 amide bonds. The van der Waals surface area contributed by atoms with Crippen molar-refractivity contribution in [1.82, 2.24) is 15.1 Å². The molecule has 0 saturated heterocycles. The fourth-order valence-electron chi connectivity index (χ4n) is 1.77. The van der Waals surface area contributed by atoms with Crippen molar-refractivity contribution < 1.29 is 14.1 Å². The van der Waals surface area contributed by atoms with Crippen molar-refractivity contribution in [2.24, 2.45) is 7.05 Å². The van der Waals surface area contributed by atoms with Crippen LogP contribution >= 0.6 is 0 Å². The minimum absolute atomic E-state index is 0.101. The first-order valence-electron chi connectivity index (χ1n) is 5.88. The van der Waals surface area contributed by atoms with Crippen LogP contribution in [0.1, 0.15) is 16.1 Å². The lowest BCUT2D eigenvalue weighted by Gasteiger charge is -2.07. The van der Waals surface area contributed by atoms with E-state index in [1.165, 1.54) is 0 Å². The Labute approximate surface area is 118 Å². The third-order valence-electron chi connectivity index (χ3n) is 2.76. The van der Waals surface area contributed by atoms with Gasteiger partial charge >= 0.3 is 0 Å². The maximum atomic E-state index is 13.3. The SMILES string of the molecule is Cn1ccc(CNC(=O)c2cc(F)cc([N+](=O)[O-])c2N)n1. The van der Waals surface area contributed by atoms with E-state index in [1.54, 1.807) is 24.0 Å². The first-order valence-corrected chi connectivity index (χ1v) is 5.88. The molecule has 0 aliphatic rings. The maximum absolute atomic E-state index is 13.3. The quantitative estimate of drug-likeness (QED) is 0.495. The first kappa shape index (κ1) is 14.4. The second-order valence-electron chi connectivity index (χ2n) is 4.31. The highest BCUT2D eigenvalue weighted by Crippen LogP contribution is 2.26. The first-order chi connectivity index (χ1) is 9.88. The van der Waals surface area contributed by atoms with Crippen molar-refractivity contribution in [3.63, 3.8) is 0 Å². The van der Waals surface area contributed by atoms with Crippen LogP contribution in [0.25, 0.3) is 0 Å². The highest BCUT2D eigenvalue weighted by molar-refractivity contribution is 6.00. The third-order valence-corrected chi connectivity index (χ3v) is 2.76. The molecule has 110 valence electrons. The average molecular weight is 293 g/mol. The predicted molar refractivity (Wildman–Crippen MR) is 71.8 cm³/mol. The maximum Gasteiger partial charge on any atom is 0.295 e. The largest absolute Gasteiger partial charge is 0.393 e. The minimum atomic E-state index is -0.904. The second-order valence-corrected chi connectivity index (χ2v) is 4.31. The molecular weight excluding hydrogens is 281 g/mol. The Morgan fingerprint density at radius 1 is 1.57 bits per heavy atom. The molecule has 9 heteroatoms. The number of nitro groups is 1. The van der Waals surface area contributed by atoms with E-state index in [-0.39, 0.29) is 17.8 Å². The summed E-state index contributed by atoms with van der Waals surface area (Å²) in [5.41, 5.74) is 4.84. The molecule has 2 aromatic rings. The Morgan fingerprint density at radius 2 is 2.29 bits per heavy atom. The van der Waals surface area contributed by atoms with Crippen LogP contribution < -0.4 is 11.1 Å². The Hall–Kier alpha value is -2.97. The van der Waals surface area contributed by atoms with Crippen LogP contribution in [0.2, 0.25) is 0 Å². The normalized spacial score (nSPS) is 10.4. The van der Waals surface area contributed by atoms with Gasteiger partial charge in [0.05, 0.1) is 28.8 Å². The van der Waals surface area contributed by atoms with Crippen LogP contribution in [-0.4, -0.2) is 20.6 Å². The Morgan fingerprint density at radius 3 is 2.86 bits per heavy atom. The van der Waals surface area contributed by atoms with Gasteiger partial charge in [0.2, 0.25) is 0 Å². The van der Waals surface area contributed by atoms with Gasteiger partial charge in [-0.05, 0) is 12.1 Å². The molecule has 0 aliphatic heterocycles. The lowest BCUT2D eigenvalue weighted by Crippen LogP contribution is -2.24. The number of rotatable bonds is 4. The standard InChI is InChI=1S/C12H12FN5O3/c1-17-3-2-8(16-17)6-15-12(19)9-4-7(13)5-10(11(9)14)18(20)21/h2-5H,6,14H2,1H3,(H,15,19). The molecule has 0 fully saturated rings. The third kappa shape index (κ3) is 3.14. The van der Waals surface area contributed by atoms with Crippen molar-refractivity contribution in [3.05, 3.63) is 51.6 Å². The van der Waals surface area contributed by atoms with Crippen LogP contribution in [0.3, 0.4) is 0 Å². The molecule has 1 aromatic heterocycles. The molecule has 0 atom stereocenters. The Kier molecular flexibility index (Phi) is 3.83. The number of halogens is 1. The van der Waals surface area contributed by atoms with E-state index in [0.717, 1.165) is 6.07 Å². The molecule has 0 bridgehead atoms. The monoisotopic (exact) mass is 293 g/mol. The second kappa shape index (κ2) is 5.57. The molecule has 0 radical (unpaired) electrons. The summed E-state index contributed by atoms with van der Waals surface area (Å²) in [6.07, 6.45) is 1.70. The number of nitrogen functional groups attached to an aromatic ring is 1. The predicted octanol–water partition coefficient (Wildman–Crippen LogP) is 0.980. The Bertz CT molecular complexity index is 713. The number of nitrogens with zero attached hydrogens (tertiary/aromatic N) is 3. The van der Waals surface area contributed by atoms with Gasteiger partial charge in [0.25, 0.3) is 11.6 Å². The summed E-state index contributed by atoms with van der Waals surface area (Å²) in [4.78, 5) is 21.9. The number of carbonyl (C=O) groups is 1. The van der Waals surface area contributed by atoms with Crippen LogP contribution in [0.4, 0.5) is 15.8 Å². The number of hydrogen-bond donors (Lipinski definition) is 2. The molecular formula is C12H12FN5O3. The zero-order valence-corrected chi connectivity index (χ0v) is 11.0. The number of nitrogens with two attached hydrogens (primary N) is 1. The lowest BCUT2D eigenvalue weighted by atomic mass is 10.1. The fraction of sp³-hybridized carbons (Fsp3) is 0.167.